The largest absolute Gasteiger partial charge is 0.497 e. The van der Waals surface area contributed by atoms with Crippen LogP contribution in [0.4, 0.5) is 5.69 Å². The van der Waals surface area contributed by atoms with E-state index in [4.69, 9.17) is 4.74 Å². The highest BCUT2D eigenvalue weighted by Crippen LogP contribution is 2.26. The lowest BCUT2D eigenvalue weighted by molar-refractivity contribution is -0.116. The molecule has 0 aliphatic heterocycles. The molecule has 0 heterocycles. The third-order valence-corrected chi connectivity index (χ3v) is 4.22. The van der Waals surface area contributed by atoms with E-state index in [2.05, 4.69) is 12.2 Å². The summed E-state index contributed by atoms with van der Waals surface area (Å²) in [4.78, 5) is 13.2. The van der Waals surface area contributed by atoms with Gasteiger partial charge in [-0.05, 0) is 42.0 Å². The predicted octanol–water partition coefficient (Wildman–Crippen LogP) is 4.38. The number of para-hydroxylation sites is 1. The smallest absolute Gasteiger partial charge is 0.224 e. The summed E-state index contributed by atoms with van der Waals surface area (Å²) in [5.41, 5.74) is 2.03. The minimum Gasteiger partial charge on any atom is -0.497 e. The highest BCUT2D eigenvalue weighted by atomic mass is 32.2. The van der Waals surface area contributed by atoms with Gasteiger partial charge in [0.15, 0.2) is 0 Å². The molecule has 0 aliphatic rings. The van der Waals surface area contributed by atoms with Gasteiger partial charge in [0, 0.05) is 11.3 Å². The van der Waals surface area contributed by atoms with E-state index in [1.165, 1.54) is 0 Å². The SMILES string of the molecule is CCSc1ccccc1NC(=O)CCc1ccc(OC)cc1. The number of hydrogen-bond acceptors (Lipinski definition) is 3. The van der Waals surface area contributed by atoms with Crippen molar-refractivity contribution < 1.29 is 9.53 Å². The Labute approximate surface area is 136 Å². The van der Waals surface area contributed by atoms with Crippen LogP contribution in [0.15, 0.2) is 53.4 Å². The summed E-state index contributed by atoms with van der Waals surface area (Å²) in [6.45, 7) is 2.10. The van der Waals surface area contributed by atoms with Crippen LogP contribution in [0.25, 0.3) is 0 Å². The number of nitrogens with one attached hydrogen (secondary N) is 1. The maximum atomic E-state index is 12.1. The Morgan fingerprint density at radius 2 is 1.86 bits per heavy atom. The van der Waals surface area contributed by atoms with Crippen LogP contribution in [0.1, 0.15) is 18.9 Å². The average molecular weight is 315 g/mol. The highest BCUT2D eigenvalue weighted by molar-refractivity contribution is 7.99. The summed E-state index contributed by atoms with van der Waals surface area (Å²) < 4.78 is 5.13. The molecule has 0 bridgehead atoms. The van der Waals surface area contributed by atoms with Gasteiger partial charge in [-0.15, -0.1) is 11.8 Å². The third-order valence-electron chi connectivity index (χ3n) is 3.26. The van der Waals surface area contributed by atoms with Crippen LogP contribution in [-0.4, -0.2) is 18.8 Å². The first kappa shape index (κ1) is 16.4. The summed E-state index contributed by atoms with van der Waals surface area (Å²) in [7, 11) is 1.65. The molecule has 3 nitrogen and oxygen atoms in total. The average Bonchev–Trinajstić information content (AvgIpc) is 2.55. The number of thioether (sulfide) groups is 1. The molecule has 0 atom stereocenters. The quantitative estimate of drug-likeness (QED) is 0.771. The maximum absolute atomic E-state index is 12.1. The molecule has 1 N–H and O–H groups in total. The zero-order chi connectivity index (χ0) is 15.8. The Kier molecular flexibility index (Phi) is 6.34. The minimum absolute atomic E-state index is 0.0416. The monoisotopic (exact) mass is 315 g/mol. The molecule has 0 spiro atoms. The Hall–Kier alpha value is -1.94. The fourth-order valence-electron chi connectivity index (χ4n) is 2.11. The molecule has 1 amide bonds. The van der Waals surface area contributed by atoms with Crippen LogP contribution >= 0.6 is 11.8 Å². The lowest BCUT2D eigenvalue weighted by Crippen LogP contribution is -2.13. The molecule has 0 saturated carbocycles. The number of rotatable bonds is 7. The zero-order valence-corrected chi connectivity index (χ0v) is 13.8. The number of carbonyl (C=O) groups excluding carboxylic acids is 1. The van der Waals surface area contributed by atoms with E-state index in [9.17, 15) is 4.79 Å². The molecular weight excluding hydrogens is 294 g/mol. The molecule has 0 radical (unpaired) electrons. The summed E-state index contributed by atoms with van der Waals surface area (Å²) >= 11 is 1.73. The number of amides is 1. The number of methoxy groups -OCH3 is 1. The standard InChI is InChI=1S/C18H21NO2S/c1-3-22-17-7-5-4-6-16(17)19-18(20)13-10-14-8-11-15(21-2)12-9-14/h4-9,11-12H,3,10,13H2,1-2H3,(H,19,20). The van der Waals surface area contributed by atoms with E-state index < -0.39 is 0 Å². The highest BCUT2D eigenvalue weighted by Gasteiger charge is 2.07. The molecule has 0 unspecified atom stereocenters. The molecule has 2 rings (SSSR count). The van der Waals surface area contributed by atoms with Crippen molar-refractivity contribution in [3.05, 3.63) is 54.1 Å². The second-order valence-corrected chi connectivity index (χ2v) is 6.13. The van der Waals surface area contributed by atoms with E-state index >= 15 is 0 Å². The van der Waals surface area contributed by atoms with Crippen LogP contribution in [0, 0.1) is 0 Å². The van der Waals surface area contributed by atoms with Gasteiger partial charge < -0.3 is 10.1 Å². The first-order valence-corrected chi connectivity index (χ1v) is 8.36. The summed E-state index contributed by atoms with van der Waals surface area (Å²) in [5, 5.41) is 3.00. The van der Waals surface area contributed by atoms with Crippen LogP contribution in [0.2, 0.25) is 0 Å². The second kappa shape index (κ2) is 8.49. The number of anilines is 1. The maximum Gasteiger partial charge on any atom is 0.224 e. The molecule has 2 aromatic carbocycles. The van der Waals surface area contributed by atoms with Crippen LogP contribution in [-0.2, 0) is 11.2 Å². The van der Waals surface area contributed by atoms with Gasteiger partial charge in [0.05, 0.1) is 12.8 Å². The van der Waals surface area contributed by atoms with Gasteiger partial charge in [-0.1, -0.05) is 31.2 Å². The normalized spacial score (nSPS) is 10.3. The third kappa shape index (κ3) is 4.81. The Morgan fingerprint density at radius 3 is 2.55 bits per heavy atom. The summed E-state index contributed by atoms with van der Waals surface area (Å²) in [5.74, 6) is 1.86. The van der Waals surface area contributed by atoms with Crippen LogP contribution < -0.4 is 10.1 Å². The van der Waals surface area contributed by atoms with Gasteiger partial charge in [-0.25, -0.2) is 0 Å². The van der Waals surface area contributed by atoms with Crippen molar-refractivity contribution in [2.75, 3.05) is 18.2 Å². The van der Waals surface area contributed by atoms with E-state index in [1.54, 1.807) is 18.9 Å². The van der Waals surface area contributed by atoms with E-state index in [0.29, 0.717) is 6.42 Å². The van der Waals surface area contributed by atoms with Gasteiger partial charge in [-0.2, -0.15) is 0 Å². The van der Waals surface area contributed by atoms with Gasteiger partial charge >= 0.3 is 0 Å². The topological polar surface area (TPSA) is 38.3 Å². The molecule has 0 aromatic heterocycles. The Bertz CT molecular complexity index is 611. The summed E-state index contributed by atoms with van der Waals surface area (Å²) in [6.07, 6.45) is 1.19. The lowest BCUT2D eigenvalue weighted by Gasteiger charge is -2.10. The van der Waals surface area contributed by atoms with Crippen molar-refractivity contribution in [3.8, 4) is 5.75 Å². The molecule has 0 aliphatic carbocycles. The van der Waals surface area contributed by atoms with Gasteiger partial charge in [0.2, 0.25) is 5.91 Å². The van der Waals surface area contributed by atoms with E-state index in [1.807, 2.05) is 48.5 Å². The zero-order valence-electron chi connectivity index (χ0n) is 13.0. The van der Waals surface area contributed by atoms with Crippen LogP contribution in [0.3, 0.4) is 0 Å². The predicted molar refractivity (Wildman–Crippen MR) is 92.8 cm³/mol. The number of carbonyl (C=O) groups is 1. The van der Waals surface area contributed by atoms with Crippen molar-refractivity contribution >= 4 is 23.4 Å². The molecular formula is C18H21NO2S. The minimum atomic E-state index is 0.0416. The number of aryl methyl sites for hydroxylation is 1. The second-order valence-electron chi connectivity index (χ2n) is 4.83. The Morgan fingerprint density at radius 1 is 1.14 bits per heavy atom. The number of ether oxygens (including phenoxy) is 1. The fourth-order valence-corrected chi connectivity index (χ4v) is 2.87. The molecule has 0 saturated heterocycles. The molecule has 4 heteroatoms. The molecule has 22 heavy (non-hydrogen) atoms. The first-order valence-electron chi connectivity index (χ1n) is 7.37. The molecule has 116 valence electrons. The van der Waals surface area contributed by atoms with Gasteiger partial charge in [0.1, 0.15) is 5.75 Å². The fraction of sp³-hybridized carbons (Fsp3) is 0.278. The van der Waals surface area contributed by atoms with Crippen molar-refractivity contribution in [2.24, 2.45) is 0 Å². The van der Waals surface area contributed by atoms with Crippen molar-refractivity contribution in [3.63, 3.8) is 0 Å². The van der Waals surface area contributed by atoms with E-state index in [0.717, 1.165) is 34.1 Å². The van der Waals surface area contributed by atoms with Gasteiger partial charge in [0.25, 0.3) is 0 Å². The van der Waals surface area contributed by atoms with Crippen LogP contribution in [0.5, 0.6) is 5.75 Å². The van der Waals surface area contributed by atoms with Gasteiger partial charge in [-0.3, -0.25) is 4.79 Å². The molecule has 2 aromatic rings. The molecule has 0 fully saturated rings. The first-order chi connectivity index (χ1) is 10.7. The number of benzene rings is 2. The van der Waals surface area contributed by atoms with Crippen molar-refractivity contribution in [2.45, 2.75) is 24.7 Å². The Balaban J connectivity index is 1.90. The van der Waals surface area contributed by atoms with Crippen molar-refractivity contribution in [1.29, 1.82) is 0 Å². The number of hydrogen-bond donors (Lipinski definition) is 1. The van der Waals surface area contributed by atoms with E-state index in [-0.39, 0.29) is 5.91 Å². The lowest BCUT2D eigenvalue weighted by atomic mass is 10.1. The summed E-state index contributed by atoms with van der Waals surface area (Å²) in [6, 6.07) is 15.7. The van der Waals surface area contributed by atoms with Crippen molar-refractivity contribution in [1.82, 2.24) is 0 Å².